The number of hydrogen-bond donors (Lipinski definition) is 0. The zero-order valence-corrected chi connectivity index (χ0v) is 16.4. The lowest BCUT2D eigenvalue weighted by Crippen LogP contribution is -2.60. The molecule has 0 nitrogen and oxygen atoms in total. The maximum absolute atomic E-state index is 16.6. The fraction of sp³-hybridized carbons (Fsp3) is 0.905. The molecular weight excluding hydrogens is 351 g/mol. The van der Waals surface area contributed by atoms with E-state index in [4.69, 9.17) is 0 Å². The van der Waals surface area contributed by atoms with Gasteiger partial charge in [0.05, 0.1) is 0 Å². The second-order valence-corrected chi connectivity index (χ2v) is 10.1. The van der Waals surface area contributed by atoms with Gasteiger partial charge in [-0.25, -0.2) is 4.39 Å². The Morgan fingerprint density at radius 1 is 1.13 bits per heavy atom. The molecule has 0 spiro atoms. The Labute approximate surface area is 149 Å². The molecule has 0 amide bonds. The van der Waals surface area contributed by atoms with E-state index >= 15 is 4.39 Å². The predicted octanol–water partition coefficient (Wildman–Crippen LogP) is 6.83. The van der Waals surface area contributed by atoms with Crippen LogP contribution in [-0.4, -0.2) is 11.0 Å². The van der Waals surface area contributed by atoms with Crippen LogP contribution in [0.5, 0.6) is 0 Å². The van der Waals surface area contributed by atoms with Gasteiger partial charge in [-0.3, -0.25) is 0 Å². The second kappa shape index (κ2) is 5.58. The van der Waals surface area contributed by atoms with Gasteiger partial charge in [0, 0.05) is 10.7 Å². The van der Waals surface area contributed by atoms with E-state index in [1.165, 1.54) is 44.1 Å². The van der Waals surface area contributed by atoms with Crippen molar-refractivity contribution in [3.63, 3.8) is 0 Å². The summed E-state index contributed by atoms with van der Waals surface area (Å²) >= 11 is 3.65. The zero-order valence-electron chi connectivity index (χ0n) is 14.8. The van der Waals surface area contributed by atoms with Gasteiger partial charge in [0.25, 0.3) is 0 Å². The lowest BCUT2D eigenvalue weighted by molar-refractivity contribution is -0.144. The Hall–Kier alpha value is 0.150. The van der Waals surface area contributed by atoms with Gasteiger partial charge in [-0.1, -0.05) is 41.4 Å². The minimum atomic E-state index is -0.926. The first kappa shape index (κ1) is 16.6. The van der Waals surface area contributed by atoms with Gasteiger partial charge in [0.1, 0.15) is 5.67 Å². The highest BCUT2D eigenvalue weighted by Crippen LogP contribution is 2.69. The van der Waals surface area contributed by atoms with Gasteiger partial charge in [-0.2, -0.15) is 0 Å². The molecule has 0 aromatic carbocycles. The molecule has 3 saturated carbocycles. The minimum absolute atomic E-state index is 0.150. The van der Waals surface area contributed by atoms with E-state index in [0.717, 1.165) is 36.9 Å². The fourth-order valence-corrected chi connectivity index (χ4v) is 7.90. The molecule has 130 valence electrons. The minimum Gasteiger partial charge on any atom is -0.243 e. The highest BCUT2D eigenvalue weighted by atomic mass is 79.9. The average molecular weight is 383 g/mol. The third kappa shape index (κ3) is 2.12. The molecular formula is C21H32BrF. The summed E-state index contributed by atoms with van der Waals surface area (Å²) in [5.41, 5.74) is 0.801. The van der Waals surface area contributed by atoms with Crippen LogP contribution in [-0.2, 0) is 0 Å². The van der Waals surface area contributed by atoms with E-state index in [0.29, 0.717) is 17.3 Å². The van der Waals surface area contributed by atoms with Crippen LogP contribution in [0.2, 0.25) is 0 Å². The van der Waals surface area contributed by atoms with Crippen LogP contribution in [0.25, 0.3) is 0 Å². The summed E-state index contributed by atoms with van der Waals surface area (Å²) in [6.45, 7) is 4.78. The highest BCUT2D eigenvalue weighted by molar-refractivity contribution is 9.09. The first-order valence-electron chi connectivity index (χ1n) is 9.90. The number of allylic oxidation sites excluding steroid dienone is 2. The Morgan fingerprint density at radius 3 is 2.74 bits per heavy atom. The molecule has 0 aromatic rings. The van der Waals surface area contributed by atoms with E-state index in [-0.39, 0.29) is 5.41 Å². The van der Waals surface area contributed by atoms with Crippen LogP contribution in [0, 0.1) is 28.6 Å². The Bertz CT molecular complexity index is 514. The molecule has 0 radical (unpaired) electrons. The topological polar surface area (TPSA) is 0 Å². The molecule has 2 heteroatoms. The van der Waals surface area contributed by atoms with Crippen LogP contribution >= 0.6 is 15.9 Å². The van der Waals surface area contributed by atoms with Crippen molar-refractivity contribution < 1.29 is 4.39 Å². The van der Waals surface area contributed by atoms with E-state index in [1.54, 1.807) is 0 Å². The van der Waals surface area contributed by atoms with E-state index < -0.39 is 5.67 Å². The van der Waals surface area contributed by atoms with E-state index in [9.17, 15) is 0 Å². The van der Waals surface area contributed by atoms with Crippen molar-refractivity contribution >= 4 is 15.9 Å². The summed E-state index contributed by atoms with van der Waals surface area (Å²) in [5, 5.41) is 1.11. The van der Waals surface area contributed by atoms with E-state index in [1.807, 2.05) is 0 Å². The number of rotatable bonds is 2. The van der Waals surface area contributed by atoms with Gasteiger partial charge in [0.15, 0.2) is 0 Å². The van der Waals surface area contributed by atoms with Crippen molar-refractivity contribution in [2.45, 2.75) is 83.7 Å². The van der Waals surface area contributed by atoms with Gasteiger partial charge in [-0.15, -0.1) is 0 Å². The standard InChI is InChI=1S/C21H32BrF/c1-19-12-13-21(23)18(17(19)8-6-15(19)10-14-22)9-7-16-5-3-4-11-20(16,21)2/h5,15,17-18H,3-4,6-14H2,1-2H3/t15-,17+,18+,19-,20+,21-/m1/s1. The fourth-order valence-electron chi connectivity index (χ4n) is 7.35. The van der Waals surface area contributed by atoms with Crippen LogP contribution in [0.15, 0.2) is 11.6 Å². The lowest BCUT2D eigenvalue weighted by atomic mass is 9.45. The maximum atomic E-state index is 16.6. The average Bonchev–Trinajstić information content (AvgIpc) is 2.86. The van der Waals surface area contributed by atoms with Crippen LogP contribution in [0.1, 0.15) is 78.1 Å². The SMILES string of the molecule is C[C@]12CC[C@@]3(F)[C@@H](CCC4=CCCC[C@@]43C)[C@@H]1CC[C@@H]2CCBr. The summed E-state index contributed by atoms with van der Waals surface area (Å²) in [5.74, 6) is 1.76. The zero-order chi connectivity index (χ0) is 16.3. The normalized spacial score (nSPS) is 52.3. The smallest absolute Gasteiger partial charge is 0.123 e. The molecule has 0 aliphatic heterocycles. The first-order chi connectivity index (χ1) is 11.0. The van der Waals surface area contributed by atoms with Crippen LogP contribution < -0.4 is 0 Å². The van der Waals surface area contributed by atoms with Crippen molar-refractivity contribution in [3.05, 3.63) is 11.6 Å². The number of fused-ring (bicyclic) bond motifs is 5. The molecule has 3 fully saturated rings. The molecule has 4 rings (SSSR count). The lowest BCUT2D eigenvalue weighted by Gasteiger charge is -2.61. The van der Waals surface area contributed by atoms with Crippen LogP contribution in [0.4, 0.5) is 4.39 Å². The Balaban J connectivity index is 1.69. The van der Waals surface area contributed by atoms with Crippen LogP contribution in [0.3, 0.4) is 0 Å². The molecule has 23 heavy (non-hydrogen) atoms. The summed E-state index contributed by atoms with van der Waals surface area (Å²) in [4.78, 5) is 0. The van der Waals surface area contributed by atoms with E-state index in [2.05, 4.69) is 35.9 Å². The van der Waals surface area contributed by atoms with Crippen molar-refractivity contribution in [2.75, 3.05) is 5.33 Å². The van der Waals surface area contributed by atoms with Crippen molar-refractivity contribution in [1.29, 1.82) is 0 Å². The maximum Gasteiger partial charge on any atom is 0.123 e. The summed E-state index contributed by atoms with van der Waals surface area (Å²) in [7, 11) is 0. The van der Waals surface area contributed by atoms with Gasteiger partial charge < -0.3 is 0 Å². The third-order valence-corrected chi connectivity index (χ3v) is 9.24. The predicted molar refractivity (Wildman–Crippen MR) is 98.6 cm³/mol. The number of hydrogen-bond acceptors (Lipinski definition) is 0. The molecule has 0 aromatic heterocycles. The van der Waals surface area contributed by atoms with Crippen molar-refractivity contribution in [2.24, 2.45) is 28.6 Å². The molecule has 6 atom stereocenters. The quantitative estimate of drug-likeness (QED) is 0.362. The number of alkyl halides is 2. The molecule has 0 heterocycles. The van der Waals surface area contributed by atoms with Crippen molar-refractivity contribution in [1.82, 2.24) is 0 Å². The third-order valence-electron chi connectivity index (χ3n) is 8.79. The Morgan fingerprint density at radius 2 is 1.96 bits per heavy atom. The molecule has 4 aliphatic carbocycles. The van der Waals surface area contributed by atoms with Crippen molar-refractivity contribution in [3.8, 4) is 0 Å². The second-order valence-electron chi connectivity index (χ2n) is 9.33. The first-order valence-corrected chi connectivity index (χ1v) is 11.0. The number of halogens is 2. The largest absolute Gasteiger partial charge is 0.243 e. The van der Waals surface area contributed by atoms with Gasteiger partial charge >= 0.3 is 0 Å². The summed E-state index contributed by atoms with van der Waals surface area (Å²) < 4.78 is 16.6. The van der Waals surface area contributed by atoms with Gasteiger partial charge in [0.2, 0.25) is 0 Å². The highest BCUT2D eigenvalue weighted by Gasteiger charge is 2.66. The summed E-state index contributed by atoms with van der Waals surface area (Å²) in [6, 6.07) is 0. The molecule has 0 bridgehead atoms. The molecule has 0 saturated heterocycles. The Kier molecular flexibility index (Phi) is 4.03. The molecule has 0 unspecified atom stereocenters. The summed E-state index contributed by atoms with van der Waals surface area (Å²) in [6.07, 6.45) is 14.0. The molecule has 0 N–H and O–H groups in total. The molecule has 4 aliphatic rings. The monoisotopic (exact) mass is 382 g/mol. The van der Waals surface area contributed by atoms with Gasteiger partial charge in [-0.05, 0) is 87.4 Å².